The number of rotatable bonds is 7. The third kappa shape index (κ3) is 4.83. The maximum Gasteiger partial charge on any atom is 0.235 e. The number of anilines is 1. The number of aromatic amines is 1. The van der Waals surface area contributed by atoms with Crippen LogP contribution in [-0.2, 0) is 24.2 Å². The number of carbonyl (C=O) groups excluding carboxylic acids is 1. The zero-order chi connectivity index (χ0) is 20.9. The Kier molecular flexibility index (Phi) is 6.35. The highest BCUT2D eigenvalue weighted by Gasteiger charge is 2.22. The van der Waals surface area contributed by atoms with Gasteiger partial charge >= 0.3 is 0 Å². The minimum absolute atomic E-state index is 0.169. The number of nitrogens with one attached hydrogen (secondary N) is 2. The van der Waals surface area contributed by atoms with Crippen LogP contribution in [0, 0.1) is 18.3 Å². The summed E-state index contributed by atoms with van der Waals surface area (Å²) in [6.45, 7) is 2.29. The van der Waals surface area contributed by atoms with Crippen molar-refractivity contribution < 1.29 is 9.53 Å². The molecule has 2 heterocycles. The van der Waals surface area contributed by atoms with Crippen molar-refractivity contribution in [3.63, 3.8) is 0 Å². The molecule has 0 saturated carbocycles. The van der Waals surface area contributed by atoms with Crippen molar-refractivity contribution in [2.75, 3.05) is 11.1 Å². The van der Waals surface area contributed by atoms with Gasteiger partial charge in [-0.3, -0.25) is 9.89 Å². The lowest BCUT2D eigenvalue weighted by Crippen LogP contribution is -2.14. The van der Waals surface area contributed by atoms with Crippen LogP contribution in [0.5, 0.6) is 5.75 Å². The summed E-state index contributed by atoms with van der Waals surface area (Å²) >= 11 is 2.77. The van der Waals surface area contributed by atoms with Gasteiger partial charge in [0, 0.05) is 4.88 Å². The first-order valence-electron chi connectivity index (χ1n) is 9.70. The number of hydrogen-bond acceptors (Lipinski definition) is 7. The van der Waals surface area contributed by atoms with Gasteiger partial charge in [0.2, 0.25) is 11.1 Å². The van der Waals surface area contributed by atoms with Crippen LogP contribution in [0.3, 0.4) is 0 Å². The third-order valence-electron chi connectivity index (χ3n) is 4.78. The van der Waals surface area contributed by atoms with E-state index in [2.05, 4.69) is 26.6 Å². The van der Waals surface area contributed by atoms with Crippen molar-refractivity contribution >= 4 is 34.0 Å². The molecule has 0 bridgehead atoms. The number of aromatic nitrogens is 3. The average Bonchev–Trinajstić information content (AvgIpc) is 3.35. The molecule has 2 N–H and O–H groups in total. The standard InChI is InChI=1S/C21H21N5O2S2/c1-13-6-8-14(9-7-13)28-11-18-23-21(26-25-18)29-12-19(27)24-20-16(10-22)15-4-2-3-5-17(15)30-20/h6-9H,2-5,11-12H2,1H3,(H,24,27)(H,23,25,26). The number of benzene rings is 1. The number of ether oxygens (including phenoxy) is 1. The second kappa shape index (κ2) is 9.32. The molecule has 30 heavy (non-hydrogen) atoms. The molecule has 9 heteroatoms. The second-order valence-corrected chi connectivity index (χ2v) is 9.08. The van der Waals surface area contributed by atoms with E-state index in [0.717, 1.165) is 37.0 Å². The SMILES string of the molecule is Cc1ccc(OCc2nc(SCC(=O)Nc3sc4c(c3C#N)CCCC4)n[nH]2)cc1. The number of hydrogen-bond donors (Lipinski definition) is 2. The number of carbonyl (C=O) groups is 1. The number of amides is 1. The maximum atomic E-state index is 12.4. The van der Waals surface area contributed by atoms with Gasteiger partial charge in [0.15, 0.2) is 5.82 Å². The average molecular weight is 440 g/mol. The number of nitrogens with zero attached hydrogens (tertiary/aromatic N) is 3. The minimum atomic E-state index is -0.169. The van der Waals surface area contributed by atoms with Gasteiger partial charge in [-0.15, -0.1) is 16.4 Å². The highest BCUT2D eigenvalue weighted by Crippen LogP contribution is 2.37. The molecule has 0 spiro atoms. The lowest BCUT2D eigenvalue weighted by molar-refractivity contribution is -0.113. The van der Waals surface area contributed by atoms with Crippen LogP contribution in [0.15, 0.2) is 29.4 Å². The van der Waals surface area contributed by atoms with E-state index in [-0.39, 0.29) is 18.3 Å². The molecular weight excluding hydrogens is 418 g/mol. The van der Waals surface area contributed by atoms with E-state index in [0.29, 0.717) is 21.5 Å². The normalized spacial score (nSPS) is 12.8. The molecule has 1 amide bonds. The first-order chi connectivity index (χ1) is 14.6. The Labute approximate surface area is 182 Å². The zero-order valence-electron chi connectivity index (χ0n) is 16.5. The van der Waals surface area contributed by atoms with Gasteiger partial charge in [-0.05, 0) is 50.3 Å². The molecule has 0 aliphatic heterocycles. The summed E-state index contributed by atoms with van der Waals surface area (Å²) < 4.78 is 5.68. The van der Waals surface area contributed by atoms with Crippen molar-refractivity contribution in [2.24, 2.45) is 0 Å². The molecule has 1 aliphatic carbocycles. The fourth-order valence-corrected chi connectivity index (χ4v) is 5.13. The molecule has 3 aromatic rings. The Morgan fingerprint density at radius 2 is 2.13 bits per heavy atom. The van der Waals surface area contributed by atoms with Gasteiger partial charge in [-0.2, -0.15) is 5.26 Å². The van der Waals surface area contributed by atoms with Crippen LogP contribution < -0.4 is 10.1 Å². The zero-order valence-corrected chi connectivity index (χ0v) is 18.2. The number of thiophene rings is 1. The Bertz CT molecular complexity index is 1080. The first kappa shape index (κ1) is 20.4. The number of aryl methyl sites for hydroxylation is 2. The molecule has 7 nitrogen and oxygen atoms in total. The highest BCUT2D eigenvalue weighted by atomic mass is 32.2. The molecular formula is C21H21N5O2S2. The molecule has 0 atom stereocenters. The Balaban J connectivity index is 1.29. The molecule has 1 aromatic carbocycles. The van der Waals surface area contributed by atoms with Crippen LogP contribution in [-0.4, -0.2) is 26.8 Å². The van der Waals surface area contributed by atoms with Gasteiger partial charge in [-0.1, -0.05) is 29.5 Å². The van der Waals surface area contributed by atoms with Gasteiger partial charge in [0.25, 0.3) is 0 Å². The number of fused-ring (bicyclic) bond motifs is 1. The molecule has 2 aromatic heterocycles. The second-order valence-electron chi connectivity index (χ2n) is 7.03. The lowest BCUT2D eigenvalue weighted by atomic mass is 9.96. The van der Waals surface area contributed by atoms with Gasteiger partial charge in [0.05, 0.1) is 11.3 Å². The van der Waals surface area contributed by atoms with E-state index in [1.54, 1.807) is 0 Å². The van der Waals surface area contributed by atoms with Crippen LogP contribution >= 0.6 is 23.1 Å². The summed E-state index contributed by atoms with van der Waals surface area (Å²) in [6.07, 6.45) is 4.15. The number of nitriles is 1. The Morgan fingerprint density at radius 1 is 1.33 bits per heavy atom. The van der Waals surface area contributed by atoms with Crippen LogP contribution in [0.2, 0.25) is 0 Å². The van der Waals surface area contributed by atoms with E-state index in [9.17, 15) is 10.1 Å². The molecule has 4 rings (SSSR count). The monoisotopic (exact) mass is 439 g/mol. The third-order valence-corrected chi connectivity index (χ3v) is 6.83. The van der Waals surface area contributed by atoms with E-state index >= 15 is 0 Å². The van der Waals surface area contributed by atoms with Crippen LogP contribution in [0.4, 0.5) is 5.00 Å². The summed E-state index contributed by atoms with van der Waals surface area (Å²) in [4.78, 5) is 18.0. The quantitative estimate of drug-likeness (QED) is 0.534. The van der Waals surface area contributed by atoms with Crippen molar-refractivity contribution in [1.82, 2.24) is 15.2 Å². The smallest absolute Gasteiger partial charge is 0.235 e. The highest BCUT2D eigenvalue weighted by molar-refractivity contribution is 7.99. The van der Waals surface area contributed by atoms with E-state index in [1.807, 2.05) is 31.2 Å². The Hall–Kier alpha value is -2.83. The molecule has 0 saturated heterocycles. The minimum Gasteiger partial charge on any atom is -0.486 e. The molecule has 154 valence electrons. The number of thioether (sulfide) groups is 1. The fourth-order valence-electron chi connectivity index (χ4n) is 3.26. The number of H-pyrrole nitrogens is 1. The predicted octanol–water partition coefficient (Wildman–Crippen LogP) is 4.23. The fraction of sp³-hybridized carbons (Fsp3) is 0.333. The van der Waals surface area contributed by atoms with E-state index in [1.165, 1.54) is 33.5 Å². The van der Waals surface area contributed by atoms with Crippen LogP contribution in [0.1, 0.15) is 40.2 Å². The molecule has 0 unspecified atom stereocenters. The molecule has 1 aliphatic rings. The maximum absolute atomic E-state index is 12.4. The largest absolute Gasteiger partial charge is 0.486 e. The summed E-state index contributed by atoms with van der Waals surface area (Å²) in [6, 6.07) is 10.0. The van der Waals surface area contributed by atoms with Crippen molar-refractivity contribution in [3.05, 3.63) is 51.7 Å². The van der Waals surface area contributed by atoms with Gasteiger partial charge in [0.1, 0.15) is 23.4 Å². The van der Waals surface area contributed by atoms with Gasteiger partial charge in [-0.25, -0.2) is 4.98 Å². The summed E-state index contributed by atoms with van der Waals surface area (Å²) in [5.41, 5.74) is 2.91. The molecule has 0 fully saturated rings. The van der Waals surface area contributed by atoms with Gasteiger partial charge < -0.3 is 10.1 Å². The summed E-state index contributed by atoms with van der Waals surface area (Å²) in [5, 5.41) is 20.5. The van der Waals surface area contributed by atoms with Crippen LogP contribution in [0.25, 0.3) is 0 Å². The summed E-state index contributed by atoms with van der Waals surface area (Å²) in [5.74, 6) is 1.36. The van der Waals surface area contributed by atoms with E-state index < -0.39 is 0 Å². The van der Waals surface area contributed by atoms with Crippen molar-refractivity contribution in [1.29, 1.82) is 5.26 Å². The lowest BCUT2D eigenvalue weighted by Gasteiger charge is -2.09. The van der Waals surface area contributed by atoms with Crippen molar-refractivity contribution in [3.8, 4) is 11.8 Å². The van der Waals surface area contributed by atoms with Crippen molar-refractivity contribution in [2.45, 2.75) is 44.4 Å². The topological polar surface area (TPSA) is 104 Å². The summed E-state index contributed by atoms with van der Waals surface area (Å²) in [7, 11) is 0. The van der Waals surface area contributed by atoms with E-state index in [4.69, 9.17) is 4.74 Å². The predicted molar refractivity (Wildman–Crippen MR) is 117 cm³/mol. The molecule has 0 radical (unpaired) electrons. The first-order valence-corrected chi connectivity index (χ1v) is 11.5. The Morgan fingerprint density at radius 3 is 2.93 bits per heavy atom.